The van der Waals surface area contributed by atoms with E-state index in [9.17, 15) is 22.2 Å². The predicted molar refractivity (Wildman–Crippen MR) is 140 cm³/mol. The van der Waals surface area contributed by atoms with Gasteiger partial charge in [-0.05, 0) is 39.8 Å². The number of hydrogen-bond acceptors (Lipinski definition) is 4. The summed E-state index contributed by atoms with van der Waals surface area (Å²) in [5, 5.41) is 0. The summed E-state index contributed by atoms with van der Waals surface area (Å²) >= 11 is 0. The lowest BCUT2D eigenvalue weighted by molar-refractivity contribution is -0.165. The van der Waals surface area contributed by atoms with Gasteiger partial charge in [-0.1, -0.05) is 78.4 Å². The number of carbonyl (C=O) groups excluding carboxylic acids is 1. The molecule has 3 aromatic carbocycles. The van der Waals surface area contributed by atoms with Crippen molar-refractivity contribution in [1.29, 1.82) is 0 Å². The van der Waals surface area contributed by atoms with Gasteiger partial charge in [0.25, 0.3) is 0 Å². The van der Waals surface area contributed by atoms with E-state index in [0.29, 0.717) is 11.1 Å². The fraction of sp³-hybridized carbons (Fsp3) is 0.286. The van der Waals surface area contributed by atoms with E-state index in [0.717, 1.165) is 5.56 Å². The van der Waals surface area contributed by atoms with Crippen LogP contribution in [0.2, 0.25) is 0 Å². The van der Waals surface area contributed by atoms with E-state index in [4.69, 9.17) is 4.74 Å². The van der Waals surface area contributed by atoms with Crippen molar-refractivity contribution in [1.82, 2.24) is 4.72 Å². The number of alkyl halides is 3. The van der Waals surface area contributed by atoms with E-state index in [2.05, 4.69) is 9.71 Å². The summed E-state index contributed by atoms with van der Waals surface area (Å²) in [4.78, 5) is 17.7. The number of esters is 1. The minimum Gasteiger partial charge on any atom is -0.425 e. The van der Waals surface area contributed by atoms with Crippen LogP contribution in [0.3, 0.4) is 0 Å². The normalized spacial score (nSPS) is 14.4. The lowest BCUT2D eigenvalue weighted by Crippen LogP contribution is -2.56. The molecular weight excluding hydrogens is 501 g/mol. The summed E-state index contributed by atoms with van der Waals surface area (Å²) < 4.78 is 62.6. The highest BCUT2D eigenvalue weighted by Crippen LogP contribution is 2.28. The lowest BCUT2D eigenvalue weighted by atomic mass is 10.0. The molecule has 0 aliphatic carbocycles. The maximum absolute atomic E-state index is 14.5. The molecule has 0 aliphatic rings. The van der Waals surface area contributed by atoms with Crippen molar-refractivity contribution < 1.29 is 26.9 Å². The van der Waals surface area contributed by atoms with Crippen LogP contribution >= 0.6 is 0 Å². The second kappa shape index (κ2) is 11.8. The summed E-state index contributed by atoms with van der Waals surface area (Å²) in [5.41, 5.74) is 2.09. The van der Waals surface area contributed by atoms with Crippen LogP contribution < -0.4 is 9.46 Å². The van der Waals surface area contributed by atoms with Gasteiger partial charge < -0.3 is 4.74 Å². The van der Waals surface area contributed by atoms with Gasteiger partial charge in [-0.15, -0.1) is 0 Å². The number of benzene rings is 3. The number of aliphatic imine (C=N–C) groups is 1. The summed E-state index contributed by atoms with van der Waals surface area (Å²) in [6, 6.07) is 18.9. The number of nitrogens with one attached hydrogen (secondary N) is 1. The van der Waals surface area contributed by atoms with Crippen LogP contribution in [0.5, 0.6) is 5.75 Å². The molecule has 0 aliphatic heterocycles. The Kier molecular flexibility index (Phi) is 9.04. The first-order chi connectivity index (χ1) is 17.4. The molecule has 0 spiro atoms. The molecule has 0 bridgehead atoms. The molecule has 0 aromatic heterocycles. The van der Waals surface area contributed by atoms with Crippen molar-refractivity contribution in [2.45, 2.75) is 50.7 Å². The molecular formula is C28H29F3N2O3S. The fourth-order valence-corrected chi connectivity index (χ4v) is 4.14. The van der Waals surface area contributed by atoms with Crippen LogP contribution in [0.4, 0.5) is 13.2 Å². The van der Waals surface area contributed by atoms with Gasteiger partial charge in [0.1, 0.15) is 11.8 Å². The van der Waals surface area contributed by atoms with E-state index in [1.54, 1.807) is 72.8 Å². The zero-order valence-electron chi connectivity index (χ0n) is 21.0. The largest absolute Gasteiger partial charge is 0.425 e. The Balaban J connectivity index is 2.17. The van der Waals surface area contributed by atoms with Crippen molar-refractivity contribution >= 4 is 22.7 Å². The third kappa shape index (κ3) is 7.84. The first-order valence-corrected chi connectivity index (χ1v) is 12.7. The van der Waals surface area contributed by atoms with Gasteiger partial charge in [-0.25, -0.2) is 13.7 Å². The Labute approximate surface area is 217 Å². The topological polar surface area (TPSA) is 67.8 Å². The summed E-state index contributed by atoms with van der Waals surface area (Å²) in [6.45, 7) is 6.43. The van der Waals surface area contributed by atoms with Gasteiger partial charge in [-0.3, -0.25) is 4.99 Å². The number of carbonyl (C=O) groups is 1. The molecule has 0 saturated heterocycles. The molecule has 196 valence electrons. The Morgan fingerprint density at radius 1 is 0.865 bits per heavy atom. The van der Waals surface area contributed by atoms with E-state index < -0.39 is 40.0 Å². The molecule has 9 heteroatoms. The second-order valence-corrected chi connectivity index (χ2v) is 11.4. The predicted octanol–water partition coefficient (Wildman–Crippen LogP) is 5.79. The minimum atomic E-state index is -4.97. The maximum atomic E-state index is 14.5. The Hall–Kier alpha value is -3.30. The molecule has 0 heterocycles. The minimum absolute atomic E-state index is 0.0784. The quantitative estimate of drug-likeness (QED) is 0.228. The van der Waals surface area contributed by atoms with E-state index >= 15 is 0 Å². The second-order valence-electron chi connectivity index (χ2n) is 9.41. The fourth-order valence-electron chi connectivity index (χ4n) is 3.30. The van der Waals surface area contributed by atoms with Crippen LogP contribution in [0.1, 0.15) is 37.5 Å². The van der Waals surface area contributed by atoms with Crippen LogP contribution in [-0.2, 0) is 15.8 Å². The van der Waals surface area contributed by atoms with E-state index in [-0.39, 0.29) is 11.5 Å². The molecule has 1 N–H and O–H groups in total. The Morgan fingerprint density at radius 3 is 1.78 bits per heavy atom. The Bertz CT molecular complexity index is 1200. The average Bonchev–Trinajstić information content (AvgIpc) is 2.84. The summed E-state index contributed by atoms with van der Waals surface area (Å²) in [7, 11) is -2.15. The average molecular weight is 531 g/mol. The maximum Gasteiger partial charge on any atom is 0.407 e. The zero-order chi connectivity index (χ0) is 27.2. The standard InChI is InChI=1S/C28H29F3N2O3S/c1-19-15-17-22(18-16-19)36-26(34)24(25(28(29,30)31)33-37(35)27(2,3)4)32-23(20-11-7-5-8-12-20)21-13-9-6-10-14-21/h5-18,24-25,33H,1-4H3/t24-,25-,37?/m0/s1. The van der Waals surface area contributed by atoms with E-state index in [1.165, 1.54) is 32.9 Å². The first kappa shape index (κ1) is 28.3. The molecule has 37 heavy (non-hydrogen) atoms. The third-order valence-corrected chi connectivity index (χ3v) is 6.88. The van der Waals surface area contributed by atoms with Crippen molar-refractivity contribution in [3.63, 3.8) is 0 Å². The summed E-state index contributed by atoms with van der Waals surface area (Å²) in [5.74, 6) is -1.15. The highest BCUT2D eigenvalue weighted by molar-refractivity contribution is 7.84. The van der Waals surface area contributed by atoms with Gasteiger partial charge >= 0.3 is 12.1 Å². The van der Waals surface area contributed by atoms with Gasteiger partial charge in [0, 0.05) is 11.1 Å². The lowest BCUT2D eigenvalue weighted by Gasteiger charge is -2.29. The van der Waals surface area contributed by atoms with Crippen LogP contribution in [0, 0.1) is 6.92 Å². The number of ether oxygens (including phenoxy) is 1. The molecule has 1 unspecified atom stereocenters. The third-order valence-electron chi connectivity index (χ3n) is 5.30. The SMILES string of the molecule is Cc1ccc(OC(=O)[C@@H](N=C(c2ccccc2)c2ccccc2)[C@H](NS(=O)C(C)(C)C)C(F)(F)F)cc1. The molecule has 3 atom stereocenters. The first-order valence-electron chi connectivity index (χ1n) is 11.6. The molecule has 0 saturated carbocycles. The van der Waals surface area contributed by atoms with Crippen LogP contribution in [0.15, 0.2) is 89.9 Å². The van der Waals surface area contributed by atoms with Crippen LogP contribution in [-0.4, -0.2) is 38.9 Å². The number of rotatable bonds is 8. The molecule has 3 rings (SSSR count). The molecule has 0 fully saturated rings. The van der Waals surface area contributed by atoms with E-state index in [1.807, 2.05) is 6.92 Å². The Morgan fingerprint density at radius 2 is 1.35 bits per heavy atom. The number of aryl methyl sites for hydroxylation is 1. The molecule has 5 nitrogen and oxygen atoms in total. The zero-order valence-corrected chi connectivity index (χ0v) is 21.8. The number of nitrogens with zero attached hydrogens (tertiary/aromatic N) is 1. The van der Waals surface area contributed by atoms with Gasteiger partial charge in [0.15, 0.2) is 6.04 Å². The van der Waals surface area contributed by atoms with Gasteiger partial charge in [0.2, 0.25) is 0 Å². The highest BCUT2D eigenvalue weighted by Gasteiger charge is 2.50. The van der Waals surface area contributed by atoms with Crippen molar-refractivity contribution in [2.24, 2.45) is 4.99 Å². The van der Waals surface area contributed by atoms with Crippen LogP contribution in [0.25, 0.3) is 0 Å². The number of halogens is 3. The molecule has 0 amide bonds. The molecule has 3 aromatic rings. The molecule has 0 radical (unpaired) electrons. The summed E-state index contributed by atoms with van der Waals surface area (Å²) in [6.07, 6.45) is -4.97. The van der Waals surface area contributed by atoms with Crippen molar-refractivity contribution in [3.8, 4) is 5.75 Å². The monoisotopic (exact) mass is 530 g/mol. The van der Waals surface area contributed by atoms with Gasteiger partial charge in [0.05, 0.1) is 21.4 Å². The van der Waals surface area contributed by atoms with Crippen molar-refractivity contribution in [3.05, 3.63) is 102 Å². The van der Waals surface area contributed by atoms with Crippen molar-refractivity contribution in [2.75, 3.05) is 0 Å². The van der Waals surface area contributed by atoms with Gasteiger partial charge in [-0.2, -0.15) is 13.2 Å². The smallest absolute Gasteiger partial charge is 0.407 e. The number of hydrogen-bond donors (Lipinski definition) is 1. The highest BCUT2D eigenvalue weighted by atomic mass is 32.2.